The first-order valence-electron chi connectivity index (χ1n) is 9.86. The number of ether oxygens (including phenoxy) is 2. The molecule has 2 aliphatic rings. The van der Waals surface area contributed by atoms with E-state index in [0.717, 1.165) is 30.6 Å². The number of carbonyl (C=O) groups excluding carboxylic acids is 1. The van der Waals surface area contributed by atoms with Crippen LogP contribution in [0, 0.1) is 24.2 Å². The van der Waals surface area contributed by atoms with Crippen LogP contribution in [-0.4, -0.2) is 18.7 Å². The smallest absolute Gasteiger partial charge is 0.333 e. The molecule has 1 heterocycles. The maximum atomic E-state index is 12.3. The van der Waals surface area contributed by atoms with Gasteiger partial charge >= 0.3 is 5.97 Å². The van der Waals surface area contributed by atoms with Crippen molar-refractivity contribution in [2.75, 3.05) is 6.61 Å². The minimum absolute atomic E-state index is 0.0145. The third-order valence-electron chi connectivity index (χ3n) is 6.93. The van der Waals surface area contributed by atoms with Crippen LogP contribution < -0.4 is 0 Å². The molecule has 1 fully saturated rings. The van der Waals surface area contributed by atoms with Gasteiger partial charge in [0.25, 0.3) is 0 Å². The summed E-state index contributed by atoms with van der Waals surface area (Å²) in [5.41, 5.74) is 2.97. The molecule has 0 saturated heterocycles. The zero-order valence-corrected chi connectivity index (χ0v) is 16.9. The van der Waals surface area contributed by atoms with Gasteiger partial charge in [-0.15, -0.1) is 0 Å². The number of rotatable bonds is 4. The van der Waals surface area contributed by atoms with Gasteiger partial charge in [0.05, 0.1) is 12.4 Å². The molecular weight excluding hydrogens is 328 g/mol. The summed E-state index contributed by atoms with van der Waals surface area (Å²) in [5.74, 6) is 1.57. The van der Waals surface area contributed by atoms with Gasteiger partial charge in [0.1, 0.15) is 11.9 Å². The summed E-state index contributed by atoms with van der Waals surface area (Å²) < 4.78 is 18.1. The van der Waals surface area contributed by atoms with E-state index in [2.05, 4.69) is 20.8 Å². The topological polar surface area (TPSA) is 48.7 Å². The minimum Gasteiger partial charge on any atom is -0.469 e. The van der Waals surface area contributed by atoms with Crippen LogP contribution in [0.2, 0.25) is 0 Å². The van der Waals surface area contributed by atoms with Crippen LogP contribution in [0.3, 0.4) is 0 Å². The number of aryl methyl sites for hydroxylation is 1. The van der Waals surface area contributed by atoms with Gasteiger partial charge in [0.15, 0.2) is 0 Å². The molecule has 4 nitrogen and oxygen atoms in total. The monoisotopic (exact) mass is 360 g/mol. The predicted octanol–water partition coefficient (Wildman–Crippen LogP) is 5.15. The molecule has 3 rings (SSSR count). The molecule has 0 spiro atoms. The zero-order chi connectivity index (χ0) is 19.1. The molecule has 2 aliphatic carbocycles. The Kier molecular flexibility index (Phi) is 5.34. The molecule has 4 heteroatoms. The van der Waals surface area contributed by atoms with Gasteiger partial charge in [0, 0.05) is 35.5 Å². The van der Waals surface area contributed by atoms with Gasteiger partial charge in [-0.3, -0.25) is 0 Å². The van der Waals surface area contributed by atoms with Gasteiger partial charge in [-0.2, -0.15) is 0 Å². The molecule has 1 aromatic heterocycles. The summed E-state index contributed by atoms with van der Waals surface area (Å²) in [6.45, 7) is 13.0. The highest BCUT2D eigenvalue weighted by molar-refractivity contribution is 5.87. The molecule has 0 amide bonds. The standard InChI is InChI=1S/C22H32O4/c1-7-13(3)21(23)26-17-10-9-16-11-18-19(14(4)12-25-18)20(24-8-2)22(16,6)15(17)5/h7,12,15-17,20H,8-11H2,1-6H3/t15-,16+,17-,20+,22+/m0/s1. The lowest BCUT2D eigenvalue weighted by atomic mass is 9.53. The van der Waals surface area contributed by atoms with Crippen LogP contribution in [0.15, 0.2) is 22.3 Å². The summed E-state index contributed by atoms with van der Waals surface area (Å²) in [5, 5.41) is 0. The Balaban J connectivity index is 1.94. The summed E-state index contributed by atoms with van der Waals surface area (Å²) in [7, 11) is 0. The molecule has 26 heavy (non-hydrogen) atoms. The number of esters is 1. The summed E-state index contributed by atoms with van der Waals surface area (Å²) in [4.78, 5) is 12.3. The Bertz CT molecular complexity index is 701. The molecule has 144 valence electrons. The molecule has 0 unspecified atom stereocenters. The van der Waals surface area contributed by atoms with E-state index in [1.165, 1.54) is 5.56 Å². The van der Waals surface area contributed by atoms with Crippen LogP contribution in [0.1, 0.15) is 70.5 Å². The summed E-state index contributed by atoms with van der Waals surface area (Å²) >= 11 is 0. The van der Waals surface area contributed by atoms with Crippen LogP contribution in [0.4, 0.5) is 0 Å². The van der Waals surface area contributed by atoms with E-state index in [9.17, 15) is 4.79 Å². The van der Waals surface area contributed by atoms with E-state index in [1.54, 1.807) is 0 Å². The Labute approximate surface area is 156 Å². The van der Waals surface area contributed by atoms with Crippen molar-refractivity contribution in [3.8, 4) is 0 Å². The first kappa shape index (κ1) is 19.2. The van der Waals surface area contributed by atoms with E-state index in [1.807, 2.05) is 33.1 Å². The van der Waals surface area contributed by atoms with Crippen molar-refractivity contribution < 1.29 is 18.7 Å². The van der Waals surface area contributed by atoms with Crippen molar-refractivity contribution in [2.45, 2.75) is 73.0 Å². The first-order chi connectivity index (χ1) is 12.3. The second-order valence-electron chi connectivity index (χ2n) is 8.14. The minimum atomic E-state index is -0.199. The maximum absolute atomic E-state index is 12.3. The Morgan fingerprint density at radius 3 is 2.81 bits per heavy atom. The summed E-state index contributed by atoms with van der Waals surface area (Å²) in [6.07, 6.45) is 6.45. The lowest BCUT2D eigenvalue weighted by Gasteiger charge is -2.55. The van der Waals surface area contributed by atoms with Crippen molar-refractivity contribution in [3.63, 3.8) is 0 Å². The molecule has 0 aromatic carbocycles. The van der Waals surface area contributed by atoms with Gasteiger partial charge in [-0.25, -0.2) is 4.79 Å². The fraction of sp³-hybridized carbons (Fsp3) is 0.682. The average Bonchev–Trinajstić information content (AvgIpc) is 2.99. The second-order valence-corrected chi connectivity index (χ2v) is 8.14. The lowest BCUT2D eigenvalue weighted by molar-refractivity contribution is -0.175. The van der Waals surface area contributed by atoms with Crippen LogP contribution in [0.5, 0.6) is 0 Å². The number of furan rings is 1. The number of fused-ring (bicyclic) bond motifs is 2. The fourth-order valence-electron chi connectivity index (χ4n) is 4.96. The number of hydrogen-bond donors (Lipinski definition) is 0. The van der Waals surface area contributed by atoms with Crippen molar-refractivity contribution in [1.29, 1.82) is 0 Å². The van der Waals surface area contributed by atoms with Crippen LogP contribution in [0.25, 0.3) is 0 Å². The normalized spacial score (nSPS) is 34.2. The second kappa shape index (κ2) is 7.22. The van der Waals surface area contributed by atoms with E-state index < -0.39 is 0 Å². The predicted molar refractivity (Wildman–Crippen MR) is 101 cm³/mol. The van der Waals surface area contributed by atoms with E-state index in [4.69, 9.17) is 13.9 Å². The SMILES string of the molecule is CC=C(C)C(=O)O[C@H]1CC[C@@H]2Cc3occ(C)c3[C@@H](OCC)[C@]2(C)[C@H]1C. The first-order valence-corrected chi connectivity index (χ1v) is 9.86. The Hall–Kier alpha value is -1.55. The molecule has 0 radical (unpaired) electrons. The highest BCUT2D eigenvalue weighted by Gasteiger charge is 2.56. The van der Waals surface area contributed by atoms with Crippen molar-refractivity contribution in [2.24, 2.45) is 17.3 Å². The molecule has 5 atom stereocenters. The van der Waals surface area contributed by atoms with Crippen molar-refractivity contribution in [3.05, 3.63) is 34.8 Å². The van der Waals surface area contributed by atoms with Crippen LogP contribution in [-0.2, 0) is 20.7 Å². The third-order valence-corrected chi connectivity index (χ3v) is 6.93. The number of allylic oxidation sites excluding steroid dienone is 1. The Morgan fingerprint density at radius 1 is 1.42 bits per heavy atom. The number of hydrogen-bond acceptors (Lipinski definition) is 4. The van der Waals surface area contributed by atoms with E-state index >= 15 is 0 Å². The Morgan fingerprint density at radius 2 is 2.15 bits per heavy atom. The molecule has 1 aromatic rings. The van der Waals surface area contributed by atoms with Crippen molar-refractivity contribution >= 4 is 5.97 Å². The molecule has 0 aliphatic heterocycles. The lowest BCUT2D eigenvalue weighted by Crippen LogP contribution is -2.52. The fourth-order valence-corrected chi connectivity index (χ4v) is 4.96. The molecular formula is C22H32O4. The molecule has 0 bridgehead atoms. The van der Waals surface area contributed by atoms with Gasteiger partial charge < -0.3 is 13.9 Å². The quantitative estimate of drug-likeness (QED) is 0.550. The molecule has 1 saturated carbocycles. The van der Waals surface area contributed by atoms with E-state index in [0.29, 0.717) is 18.1 Å². The highest BCUT2D eigenvalue weighted by Crippen LogP contribution is 2.59. The van der Waals surface area contributed by atoms with E-state index in [-0.39, 0.29) is 29.5 Å². The highest BCUT2D eigenvalue weighted by atomic mass is 16.5. The molecule has 0 N–H and O–H groups in total. The van der Waals surface area contributed by atoms with Gasteiger partial charge in [-0.1, -0.05) is 19.9 Å². The maximum Gasteiger partial charge on any atom is 0.333 e. The van der Waals surface area contributed by atoms with Gasteiger partial charge in [0.2, 0.25) is 0 Å². The van der Waals surface area contributed by atoms with Gasteiger partial charge in [-0.05, 0) is 52.0 Å². The zero-order valence-electron chi connectivity index (χ0n) is 16.9. The third kappa shape index (κ3) is 2.92. The summed E-state index contributed by atoms with van der Waals surface area (Å²) in [6, 6.07) is 0. The van der Waals surface area contributed by atoms with Crippen LogP contribution >= 0.6 is 0 Å². The average molecular weight is 360 g/mol. The van der Waals surface area contributed by atoms with Crippen molar-refractivity contribution in [1.82, 2.24) is 0 Å². The largest absolute Gasteiger partial charge is 0.469 e. The number of carbonyl (C=O) groups is 1.